The van der Waals surface area contributed by atoms with Crippen LogP contribution in [0.5, 0.6) is 0 Å². The number of likely N-dealkylation sites (tertiary alicyclic amines) is 1. The number of carbonyl (C=O) groups excluding carboxylic acids is 2. The second-order valence-electron chi connectivity index (χ2n) is 5.69. The van der Waals surface area contributed by atoms with Crippen molar-refractivity contribution >= 4 is 11.9 Å². The van der Waals surface area contributed by atoms with Crippen LogP contribution < -0.4 is 0 Å². The quantitative estimate of drug-likeness (QED) is 0.786. The van der Waals surface area contributed by atoms with Crippen molar-refractivity contribution in [2.24, 2.45) is 5.92 Å². The number of hydrogen-bond acceptors (Lipinski definition) is 4. The summed E-state index contributed by atoms with van der Waals surface area (Å²) < 4.78 is 4.74. The van der Waals surface area contributed by atoms with Crippen molar-refractivity contribution in [1.29, 1.82) is 0 Å². The predicted octanol–water partition coefficient (Wildman–Crippen LogP) is 1.38. The largest absolute Gasteiger partial charge is 0.469 e. The SMILES string of the molecule is COC(=O)C1CCN(C(=O)c2ccc(CN(C)C)cc2)C1. The predicted molar refractivity (Wildman–Crippen MR) is 79.9 cm³/mol. The third-order valence-electron chi connectivity index (χ3n) is 3.71. The summed E-state index contributed by atoms with van der Waals surface area (Å²) in [6.07, 6.45) is 0.678. The molecule has 1 aromatic carbocycles. The molecule has 0 bridgehead atoms. The highest BCUT2D eigenvalue weighted by atomic mass is 16.5. The number of esters is 1. The summed E-state index contributed by atoms with van der Waals surface area (Å²) in [5.74, 6) is -0.434. The van der Waals surface area contributed by atoms with E-state index >= 15 is 0 Å². The van der Waals surface area contributed by atoms with Crippen LogP contribution in [0.2, 0.25) is 0 Å². The van der Waals surface area contributed by atoms with Crippen molar-refractivity contribution in [1.82, 2.24) is 9.80 Å². The number of ether oxygens (including phenoxy) is 1. The zero-order valence-electron chi connectivity index (χ0n) is 12.8. The Morgan fingerprint density at radius 2 is 1.95 bits per heavy atom. The average molecular weight is 290 g/mol. The lowest BCUT2D eigenvalue weighted by atomic mass is 10.1. The van der Waals surface area contributed by atoms with Crippen molar-refractivity contribution < 1.29 is 14.3 Å². The smallest absolute Gasteiger partial charge is 0.310 e. The van der Waals surface area contributed by atoms with E-state index in [0.29, 0.717) is 25.1 Å². The monoisotopic (exact) mass is 290 g/mol. The van der Waals surface area contributed by atoms with Crippen LogP contribution in [-0.4, -0.2) is 56.0 Å². The van der Waals surface area contributed by atoms with E-state index in [0.717, 1.165) is 6.54 Å². The maximum atomic E-state index is 12.4. The molecule has 1 aliphatic heterocycles. The summed E-state index contributed by atoms with van der Waals surface area (Å²) >= 11 is 0. The molecule has 1 amide bonds. The molecule has 1 unspecified atom stereocenters. The van der Waals surface area contributed by atoms with Crippen LogP contribution in [0.1, 0.15) is 22.3 Å². The fraction of sp³-hybridized carbons (Fsp3) is 0.500. The Balaban J connectivity index is 1.99. The van der Waals surface area contributed by atoms with E-state index in [2.05, 4.69) is 4.90 Å². The maximum Gasteiger partial charge on any atom is 0.310 e. The number of amides is 1. The Kier molecular flexibility index (Phi) is 4.96. The first-order valence-electron chi connectivity index (χ1n) is 7.12. The Labute approximate surface area is 125 Å². The van der Waals surface area contributed by atoms with E-state index < -0.39 is 0 Å². The second-order valence-corrected chi connectivity index (χ2v) is 5.69. The number of methoxy groups -OCH3 is 1. The molecule has 1 aromatic rings. The minimum absolute atomic E-state index is 0.0159. The standard InChI is InChI=1S/C16H22N2O3/c1-17(2)10-12-4-6-13(7-5-12)15(19)18-9-8-14(11-18)16(20)21-3/h4-7,14H,8-11H2,1-3H3. The fourth-order valence-corrected chi connectivity index (χ4v) is 2.60. The molecule has 0 aromatic heterocycles. The normalized spacial score (nSPS) is 18.1. The van der Waals surface area contributed by atoms with Crippen LogP contribution in [0.15, 0.2) is 24.3 Å². The van der Waals surface area contributed by atoms with Crippen molar-refractivity contribution in [2.45, 2.75) is 13.0 Å². The molecule has 0 saturated carbocycles. The van der Waals surface area contributed by atoms with Gasteiger partial charge in [-0.2, -0.15) is 0 Å². The molecule has 0 radical (unpaired) electrons. The van der Waals surface area contributed by atoms with Gasteiger partial charge in [0.15, 0.2) is 0 Å². The molecule has 21 heavy (non-hydrogen) atoms. The molecule has 1 fully saturated rings. The van der Waals surface area contributed by atoms with Crippen molar-refractivity contribution in [3.8, 4) is 0 Å². The van der Waals surface area contributed by atoms with Gasteiger partial charge in [0.05, 0.1) is 13.0 Å². The van der Waals surface area contributed by atoms with Gasteiger partial charge in [-0.15, -0.1) is 0 Å². The molecule has 0 spiro atoms. The minimum atomic E-state index is -0.230. The first kappa shape index (κ1) is 15.5. The van der Waals surface area contributed by atoms with Crippen LogP contribution >= 0.6 is 0 Å². The van der Waals surface area contributed by atoms with E-state index in [9.17, 15) is 9.59 Å². The van der Waals surface area contributed by atoms with Gasteiger partial charge < -0.3 is 14.5 Å². The zero-order valence-corrected chi connectivity index (χ0v) is 12.8. The van der Waals surface area contributed by atoms with Crippen LogP contribution in [0.25, 0.3) is 0 Å². The average Bonchev–Trinajstić information content (AvgIpc) is 2.95. The van der Waals surface area contributed by atoms with Crippen LogP contribution in [0, 0.1) is 5.92 Å². The Bertz CT molecular complexity index is 511. The summed E-state index contributed by atoms with van der Waals surface area (Å²) in [6.45, 7) is 1.91. The molecule has 114 valence electrons. The fourth-order valence-electron chi connectivity index (χ4n) is 2.60. The van der Waals surface area contributed by atoms with Gasteiger partial charge in [-0.25, -0.2) is 0 Å². The van der Waals surface area contributed by atoms with Crippen LogP contribution in [0.4, 0.5) is 0 Å². The molecular weight excluding hydrogens is 268 g/mol. The second kappa shape index (κ2) is 6.72. The number of rotatable bonds is 4. The summed E-state index contributed by atoms with van der Waals surface area (Å²) in [5.41, 5.74) is 1.84. The molecule has 0 aliphatic carbocycles. The minimum Gasteiger partial charge on any atom is -0.469 e. The summed E-state index contributed by atoms with van der Waals surface area (Å²) in [7, 11) is 5.41. The summed E-state index contributed by atoms with van der Waals surface area (Å²) in [6, 6.07) is 7.65. The van der Waals surface area contributed by atoms with E-state index in [-0.39, 0.29) is 17.8 Å². The third kappa shape index (κ3) is 3.82. The lowest BCUT2D eigenvalue weighted by Gasteiger charge is -2.16. The number of carbonyl (C=O) groups is 2. The molecule has 1 aliphatic rings. The molecule has 5 nitrogen and oxygen atoms in total. The van der Waals surface area contributed by atoms with Gasteiger partial charge in [0, 0.05) is 25.2 Å². The van der Waals surface area contributed by atoms with Gasteiger partial charge in [-0.3, -0.25) is 9.59 Å². The third-order valence-corrected chi connectivity index (χ3v) is 3.71. The van der Waals surface area contributed by atoms with Crippen molar-refractivity contribution in [3.05, 3.63) is 35.4 Å². The highest BCUT2D eigenvalue weighted by molar-refractivity contribution is 5.94. The Morgan fingerprint density at radius 1 is 1.29 bits per heavy atom. The van der Waals surface area contributed by atoms with Gasteiger partial charge in [0.1, 0.15) is 0 Å². The molecular formula is C16H22N2O3. The summed E-state index contributed by atoms with van der Waals surface area (Å²) in [5, 5.41) is 0. The first-order valence-corrected chi connectivity index (χ1v) is 7.12. The maximum absolute atomic E-state index is 12.4. The molecule has 0 N–H and O–H groups in total. The lowest BCUT2D eigenvalue weighted by molar-refractivity contribution is -0.144. The van der Waals surface area contributed by atoms with Crippen molar-refractivity contribution in [3.63, 3.8) is 0 Å². The van der Waals surface area contributed by atoms with Gasteiger partial charge in [-0.05, 0) is 38.2 Å². The van der Waals surface area contributed by atoms with E-state index in [4.69, 9.17) is 4.74 Å². The molecule has 2 rings (SSSR count). The zero-order chi connectivity index (χ0) is 15.4. The Morgan fingerprint density at radius 3 is 2.52 bits per heavy atom. The molecule has 1 saturated heterocycles. The van der Waals surface area contributed by atoms with E-state index in [1.165, 1.54) is 12.7 Å². The van der Waals surface area contributed by atoms with Gasteiger partial charge in [0.25, 0.3) is 5.91 Å². The summed E-state index contributed by atoms with van der Waals surface area (Å²) in [4.78, 5) is 27.7. The molecule has 5 heteroatoms. The Hall–Kier alpha value is -1.88. The van der Waals surface area contributed by atoms with Gasteiger partial charge in [-0.1, -0.05) is 12.1 Å². The van der Waals surface area contributed by atoms with E-state index in [1.54, 1.807) is 4.90 Å². The van der Waals surface area contributed by atoms with Crippen molar-refractivity contribution in [2.75, 3.05) is 34.3 Å². The molecule has 1 heterocycles. The molecule has 1 atom stereocenters. The van der Waals surface area contributed by atoms with Crippen LogP contribution in [0.3, 0.4) is 0 Å². The number of benzene rings is 1. The lowest BCUT2D eigenvalue weighted by Crippen LogP contribution is -2.30. The van der Waals surface area contributed by atoms with E-state index in [1.807, 2.05) is 38.4 Å². The highest BCUT2D eigenvalue weighted by Gasteiger charge is 2.31. The first-order chi connectivity index (χ1) is 10.0. The number of nitrogens with zero attached hydrogens (tertiary/aromatic N) is 2. The van der Waals surface area contributed by atoms with Crippen LogP contribution in [-0.2, 0) is 16.1 Å². The van der Waals surface area contributed by atoms with Gasteiger partial charge in [0.2, 0.25) is 0 Å². The topological polar surface area (TPSA) is 49.9 Å². The van der Waals surface area contributed by atoms with Gasteiger partial charge >= 0.3 is 5.97 Å². The number of hydrogen-bond donors (Lipinski definition) is 0. The highest BCUT2D eigenvalue weighted by Crippen LogP contribution is 2.20.